The molecular weight excluding hydrogens is 266 g/mol. The van der Waals surface area contributed by atoms with Gasteiger partial charge in [0.05, 0.1) is 12.6 Å². The molecule has 1 aliphatic heterocycles. The van der Waals surface area contributed by atoms with Crippen LogP contribution in [-0.2, 0) is 11.3 Å². The molecule has 116 valence electrons. The topological polar surface area (TPSA) is 68.3 Å². The summed E-state index contributed by atoms with van der Waals surface area (Å²) in [5, 5.41) is 0. The van der Waals surface area contributed by atoms with E-state index in [1.54, 1.807) is 0 Å². The number of likely N-dealkylation sites (tertiary alicyclic amines) is 1. The summed E-state index contributed by atoms with van der Waals surface area (Å²) in [4.78, 5) is 26.0. The largest absolute Gasteiger partial charge is 0.368 e. The summed E-state index contributed by atoms with van der Waals surface area (Å²) in [5.41, 5.74) is 8.33. The van der Waals surface area contributed by atoms with Crippen molar-refractivity contribution in [3.63, 3.8) is 0 Å². The Labute approximate surface area is 126 Å². The van der Waals surface area contributed by atoms with Gasteiger partial charge in [-0.2, -0.15) is 0 Å². The maximum atomic E-state index is 12.6. The molecule has 0 bridgehead atoms. The molecule has 0 spiro atoms. The van der Waals surface area contributed by atoms with Crippen molar-refractivity contribution in [1.82, 2.24) is 9.47 Å². The number of piperidine rings is 1. The fraction of sp³-hybridized carbons (Fsp3) is 0.625. The van der Waals surface area contributed by atoms with E-state index in [4.69, 9.17) is 5.73 Å². The fourth-order valence-electron chi connectivity index (χ4n) is 3.34. The quantitative estimate of drug-likeness (QED) is 0.839. The summed E-state index contributed by atoms with van der Waals surface area (Å²) in [7, 11) is 0. The van der Waals surface area contributed by atoms with E-state index < -0.39 is 0 Å². The van der Waals surface area contributed by atoms with E-state index >= 15 is 0 Å². The Bertz CT molecular complexity index is 548. The fourth-order valence-corrected chi connectivity index (χ4v) is 3.34. The highest BCUT2D eigenvalue weighted by Crippen LogP contribution is 2.20. The average Bonchev–Trinajstić information content (AvgIpc) is 2.73. The SMILES string of the molecule is CCn1c(C)cc(C(=O)CN2CCCCC2C(N)=O)c1C. The zero-order chi connectivity index (χ0) is 15.6. The van der Waals surface area contributed by atoms with Gasteiger partial charge in [-0.15, -0.1) is 0 Å². The van der Waals surface area contributed by atoms with Crippen LogP contribution in [0.4, 0.5) is 0 Å². The molecule has 1 unspecified atom stereocenters. The van der Waals surface area contributed by atoms with E-state index in [0.717, 1.165) is 49.3 Å². The number of hydrogen-bond donors (Lipinski definition) is 1. The van der Waals surface area contributed by atoms with Crippen molar-refractivity contribution >= 4 is 11.7 Å². The highest BCUT2D eigenvalue weighted by Gasteiger charge is 2.29. The molecule has 1 aromatic rings. The second-order valence-corrected chi connectivity index (χ2v) is 5.84. The molecule has 21 heavy (non-hydrogen) atoms. The van der Waals surface area contributed by atoms with E-state index in [0.29, 0.717) is 0 Å². The van der Waals surface area contributed by atoms with E-state index in [1.165, 1.54) is 0 Å². The number of Topliss-reactive ketones (excluding diaryl/α,β-unsaturated/α-hetero) is 1. The molecule has 1 saturated heterocycles. The molecule has 5 nitrogen and oxygen atoms in total. The number of aryl methyl sites for hydroxylation is 1. The standard InChI is InChI=1S/C16H25N3O2/c1-4-19-11(2)9-13(12(19)3)15(20)10-18-8-6-5-7-14(18)16(17)21/h9,14H,4-8,10H2,1-3H3,(H2,17,21). The number of aromatic nitrogens is 1. The predicted octanol–water partition coefficient (Wildman–Crippen LogP) is 1.65. The summed E-state index contributed by atoms with van der Waals surface area (Å²) in [6, 6.07) is 1.65. The molecule has 1 amide bonds. The minimum atomic E-state index is -0.318. The van der Waals surface area contributed by atoms with Crippen molar-refractivity contribution in [3.05, 3.63) is 23.0 Å². The Kier molecular flexibility index (Phi) is 4.83. The molecule has 5 heteroatoms. The van der Waals surface area contributed by atoms with E-state index in [1.807, 2.05) is 24.8 Å². The van der Waals surface area contributed by atoms with Gasteiger partial charge in [0.2, 0.25) is 5.91 Å². The van der Waals surface area contributed by atoms with Crippen molar-refractivity contribution in [2.45, 2.75) is 52.6 Å². The van der Waals surface area contributed by atoms with Gasteiger partial charge in [0, 0.05) is 23.5 Å². The predicted molar refractivity (Wildman–Crippen MR) is 82.3 cm³/mol. The van der Waals surface area contributed by atoms with Crippen LogP contribution in [0.25, 0.3) is 0 Å². The number of carbonyl (C=O) groups is 2. The first kappa shape index (κ1) is 15.8. The summed E-state index contributed by atoms with van der Waals surface area (Å²) < 4.78 is 2.13. The number of carbonyl (C=O) groups excluding carboxylic acids is 2. The molecule has 2 N–H and O–H groups in total. The Hall–Kier alpha value is -1.62. The van der Waals surface area contributed by atoms with Crippen LogP contribution in [0, 0.1) is 13.8 Å². The maximum absolute atomic E-state index is 12.6. The lowest BCUT2D eigenvalue weighted by molar-refractivity contribution is -0.124. The number of hydrogen-bond acceptors (Lipinski definition) is 3. The Balaban J connectivity index is 2.15. The van der Waals surface area contributed by atoms with Crippen LogP contribution < -0.4 is 5.73 Å². The minimum Gasteiger partial charge on any atom is -0.368 e. The molecule has 2 rings (SSSR count). The molecule has 0 radical (unpaired) electrons. The van der Waals surface area contributed by atoms with Gasteiger partial charge in [-0.3, -0.25) is 14.5 Å². The lowest BCUT2D eigenvalue weighted by Crippen LogP contribution is -2.49. The highest BCUT2D eigenvalue weighted by molar-refractivity contribution is 5.99. The van der Waals surface area contributed by atoms with Crippen LogP contribution in [0.5, 0.6) is 0 Å². The summed E-state index contributed by atoms with van der Waals surface area (Å²) >= 11 is 0. The van der Waals surface area contributed by atoms with Crippen LogP contribution in [-0.4, -0.2) is 40.3 Å². The number of nitrogens with two attached hydrogens (primary N) is 1. The number of primary amides is 1. The zero-order valence-electron chi connectivity index (χ0n) is 13.2. The van der Waals surface area contributed by atoms with Gasteiger partial charge in [0.1, 0.15) is 0 Å². The van der Waals surface area contributed by atoms with E-state index in [9.17, 15) is 9.59 Å². The maximum Gasteiger partial charge on any atom is 0.234 e. The number of nitrogens with zero attached hydrogens (tertiary/aromatic N) is 2. The van der Waals surface area contributed by atoms with E-state index in [2.05, 4.69) is 11.5 Å². The first-order valence-corrected chi connectivity index (χ1v) is 7.69. The Morgan fingerprint density at radius 3 is 2.62 bits per heavy atom. The van der Waals surface area contributed by atoms with Gasteiger partial charge in [-0.25, -0.2) is 0 Å². The lowest BCUT2D eigenvalue weighted by atomic mass is 10.0. The zero-order valence-corrected chi connectivity index (χ0v) is 13.2. The first-order chi connectivity index (χ1) is 9.95. The molecule has 1 atom stereocenters. The average molecular weight is 291 g/mol. The van der Waals surface area contributed by atoms with Gasteiger partial charge in [0.25, 0.3) is 0 Å². The van der Waals surface area contributed by atoms with Crippen molar-refractivity contribution in [3.8, 4) is 0 Å². The van der Waals surface area contributed by atoms with Crippen LogP contribution in [0.2, 0.25) is 0 Å². The third kappa shape index (κ3) is 3.18. The molecular formula is C16H25N3O2. The minimum absolute atomic E-state index is 0.0796. The molecule has 2 heterocycles. The second-order valence-electron chi connectivity index (χ2n) is 5.84. The van der Waals surface area contributed by atoms with E-state index in [-0.39, 0.29) is 24.3 Å². The monoisotopic (exact) mass is 291 g/mol. The first-order valence-electron chi connectivity index (χ1n) is 7.69. The van der Waals surface area contributed by atoms with Gasteiger partial charge in [0.15, 0.2) is 5.78 Å². The summed E-state index contributed by atoms with van der Waals surface area (Å²) in [5.74, 6) is -0.238. The van der Waals surface area contributed by atoms with Crippen LogP contribution in [0.1, 0.15) is 47.9 Å². The molecule has 1 aromatic heterocycles. The van der Waals surface area contributed by atoms with Crippen LogP contribution in [0.3, 0.4) is 0 Å². The van der Waals surface area contributed by atoms with Crippen molar-refractivity contribution in [2.75, 3.05) is 13.1 Å². The third-order valence-electron chi connectivity index (χ3n) is 4.48. The van der Waals surface area contributed by atoms with Gasteiger partial charge in [-0.05, 0) is 46.2 Å². The summed E-state index contributed by atoms with van der Waals surface area (Å²) in [6.45, 7) is 7.97. The van der Waals surface area contributed by atoms with Crippen LogP contribution >= 0.6 is 0 Å². The van der Waals surface area contributed by atoms with Gasteiger partial charge >= 0.3 is 0 Å². The van der Waals surface area contributed by atoms with Crippen molar-refractivity contribution in [2.24, 2.45) is 5.73 Å². The van der Waals surface area contributed by atoms with Crippen molar-refractivity contribution < 1.29 is 9.59 Å². The summed E-state index contributed by atoms with van der Waals surface area (Å²) in [6.07, 6.45) is 2.78. The Morgan fingerprint density at radius 2 is 2.05 bits per heavy atom. The lowest BCUT2D eigenvalue weighted by Gasteiger charge is -2.32. The van der Waals surface area contributed by atoms with Crippen molar-refractivity contribution in [1.29, 1.82) is 0 Å². The number of amides is 1. The molecule has 0 saturated carbocycles. The second kappa shape index (κ2) is 6.43. The molecule has 1 fully saturated rings. The van der Waals surface area contributed by atoms with Gasteiger partial charge in [-0.1, -0.05) is 6.42 Å². The normalized spacial score (nSPS) is 19.7. The third-order valence-corrected chi connectivity index (χ3v) is 4.48. The molecule has 0 aliphatic carbocycles. The number of ketones is 1. The van der Waals surface area contributed by atoms with Crippen LogP contribution in [0.15, 0.2) is 6.07 Å². The molecule has 0 aromatic carbocycles. The highest BCUT2D eigenvalue weighted by atomic mass is 16.1. The number of rotatable bonds is 5. The van der Waals surface area contributed by atoms with Gasteiger partial charge < -0.3 is 10.3 Å². The smallest absolute Gasteiger partial charge is 0.234 e. The molecule has 1 aliphatic rings. The Morgan fingerprint density at radius 1 is 1.33 bits per heavy atom.